The van der Waals surface area contributed by atoms with Gasteiger partial charge >= 0.3 is 7.82 Å². The lowest BCUT2D eigenvalue weighted by atomic mass is 10.4. The van der Waals surface area contributed by atoms with Crippen LogP contribution in [0.5, 0.6) is 0 Å². The highest BCUT2D eigenvalue weighted by atomic mass is 32.1. The molecule has 8 nitrogen and oxygen atoms in total. The summed E-state index contributed by atoms with van der Waals surface area (Å²) in [5.41, 5.74) is 0. The van der Waals surface area contributed by atoms with Crippen LogP contribution in [0.3, 0.4) is 0 Å². The van der Waals surface area contributed by atoms with Crippen LogP contribution in [0.1, 0.15) is 0 Å². The number of carbonyl (C=O) groups excluding carboxylic acids is 2. The summed E-state index contributed by atoms with van der Waals surface area (Å²) >= 11 is 3.78. The molecular formula is C7H13O8PS. The zero-order valence-electron chi connectivity index (χ0n) is 8.76. The van der Waals surface area contributed by atoms with Crippen LogP contribution in [-0.4, -0.2) is 49.5 Å². The first kappa shape index (κ1) is 16.4. The Balaban J connectivity index is 4.04. The van der Waals surface area contributed by atoms with E-state index in [2.05, 4.69) is 31.2 Å². The molecule has 0 bridgehead atoms. The predicted octanol–water partition coefficient (Wildman–Crippen LogP) is -0.236. The van der Waals surface area contributed by atoms with Gasteiger partial charge in [0.15, 0.2) is 6.10 Å². The van der Waals surface area contributed by atoms with Crippen LogP contribution in [0, 0.1) is 0 Å². The number of hydrogen-bond acceptors (Lipinski definition) is 8. The lowest BCUT2D eigenvalue weighted by Gasteiger charge is -2.16. The summed E-state index contributed by atoms with van der Waals surface area (Å²) in [4.78, 5) is 29.1. The van der Waals surface area contributed by atoms with Gasteiger partial charge in [-0.2, -0.15) is 12.6 Å². The quantitative estimate of drug-likeness (QED) is 0.305. The molecule has 0 aromatic rings. The molecule has 0 radical (unpaired) electrons. The van der Waals surface area contributed by atoms with Gasteiger partial charge in [0, 0.05) is 5.75 Å². The van der Waals surface area contributed by atoms with Gasteiger partial charge in [-0.1, -0.05) is 0 Å². The van der Waals surface area contributed by atoms with Gasteiger partial charge < -0.3 is 14.4 Å². The minimum absolute atomic E-state index is 0.0685. The molecule has 0 rings (SSSR count). The van der Waals surface area contributed by atoms with Crippen LogP contribution in [0.15, 0.2) is 0 Å². The molecule has 0 spiro atoms. The fourth-order valence-corrected chi connectivity index (χ4v) is 1.71. The smallest absolute Gasteiger partial charge is 0.464 e. The molecule has 10 heteroatoms. The number of thiol groups is 1. The van der Waals surface area contributed by atoms with Crippen LogP contribution in [-0.2, 0) is 32.7 Å². The molecular weight excluding hydrogens is 275 g/mol. The minimum atomic E-state index is -4.21. The Kier molecular flexibility index (Phi) is 9.10. The second-order valence-electron chi connectivity index (χ2n) is 2.61. The van der Waals surface area contributed by atoms with Crippen molar-refractivity contribution in [1.82, 2.24) is 0 Å². The highest BCUT2D eigenvalue weighted by molar-refractivity contribution is 7.80. The van der Waals surface area contributed by atoms with Gasteiger partial charge in [0.25, 0.3) is 12.9 Å². The topological polar surface area (TPSA) is 108 Å². The summed E-state index contributed by atoms with van der Waals surface area (Å²) < 4.78 is 28.9. The molecule has 100 valence electrons. The molecule has 2 atom stereocenters. The maximum absolute atomic E-state index is 11.2. The Morgan fingerprint density at radius 1 is 1.24 bits per heavy atom. The molecule has 0 amide bonds. The van der Waals surface area contributed by atoms with Crippen molar-refractivity contribution in [2.75, 3.05) is 25.6 Å². The van der Waals surface area contributed by atoms with Gasteiger partial charge in [-0.15, -0.1) is 0 Å². The van der Waals surface area contributed by atoms with Crippen LogP contribution < -0.4 is 0 Å². The third-order valence-electron chi connectivity index (χ3n) is 1.37. The summed E-state index contributed by atoms with van der Waals surface area (Å²) in [5, 5.41) is 0. The van der Waals surface area contributed by atoms with Crippen LogP contribution in [0.25, 0.3) is 0 Å². The molecule has 0 aromatic heterocycles. The van der Waals surface area contributed by atoms with Gasteiger partial charge in [-0.25, -0.2) is 4.57 Å². The van der Waals surface area contributed by atoms with Gasteiger partial charge in [-0.3, -0.25) is 18.6 Å². The van der Waals surface area contributed by atoms with Gasteiger partial charge in [0.1, 0.15) is 6.61 Å². The number of ether oxygens (including phenoxy) is 2. The molecule has 0 saturated heterocycles. The van der Waals surface area contributed by atoms with Crippen LogP contribution in [0.2, 0.25) is 0 Å². The van der Waals surface area contributed by atoms with E-state index < -0.39 is 20.5 Å². The number of rotatable bonds is 11. The normalized spacial score (nSPS) is 15.6. The number of phosphoric ester groups is 1. The van der Waals surface area contributed by atoms with E-state index in [1.54, 1.807) is 0 Å². The van der Waals surface area contributed by atoms with Gasteiger partial charge in [-0.05, 0) is 0 Å². The third kappa shape index (κ3) is 9.13. The van der Waals surface area contributed by atoms with E-state index in [1.807, 2.05) is 0 Å². The van der Waals surface area contributed by atoms with E-state index in [0.29, 0.717) is 0 Å². The van der Waals surface area contributed by atoms with Crippen molar-refractivity contribution < 1.29 is 37.6 Å². The highest BCUT2D eigenvalue weighted by Crippen LogP contribution is 2.43. The highest BCUT2D eigenvalue weighted by Gasteiger charge is 2.23. The monoisotopic (exact) mass is 288 g/mol. The molecule has 0 aliphatic heterocycles. The van der Waals surface area contributed by atoms with E-state index in [9.17, 15) is 14.2 Å². The first-order valence-corrected chi connectivity index (χ1v) is 6.55. The van der Waals surface area contributed by atoms with Gasteiger partial charge in [0.05, 0.1) is 13.2 Å². The maximum atomic E-state index is 11.2. The third-order valence-corrected chi connectivity index (χ3v) is 2.53. The summed E-state index contributed by atoms with van der Waals surface area (Å²) in [6.45, 7) is -0.529. The Hall–Kier alpha value is -0.600. The molecule has 1 N–H and O–H groups in total. The van der Waals surface area contributed by atoms with E-state index in [-0.39, 0.29) is 31.9 Å². The summed E-state index contributed by atoms with van der Waals surface area (Å²) in [5.74, 6) is 0.246. The largest absolute Gasteiger partial charge is 0.472 e. The Morgan fingerprint density at radius 2 is 1.94 bits per heavy atom. The van der Waals surface area contributed by atoms with Gasteiger partial charge in [0.2, 0.25) is 0 Å². The molecule has 0 aromatic carbocycles. The van der Waals surface area contributed by atoms with Crippen molar-refractivity contribution in [3.63, 3.8) is 0 Å². The Labute approximate surface area is 103 Å². The average Bonchev–Trinajstić information content (AvgIpc) is 2.30. The number of carbonyl (C=O) groups is 2. The lowest BCUT2D eigenvalue weighted by molar-refractivity contribution is -0.144. The average molecular weight is 288 g/mol. The molecule has 0 fully saturated rings. The van der Waals surface area contributed by atoms with Crippen molar-refractivity contribution in [2.45, 2.75) is 6.10 Å². The van der Waals surface area contributed by atoms with E-state index >= 15 is 0 Å². The zero-order chi connectivity index (χ0) is 13.1. The maximum Gasteiger partial charge on any atom is 0.472 e. The molecule has 1 unspecified atom stereocenters. The van der Waals surface area contributed by atoms with E-state index in [4.69, 9.17) is 4.89 Å². The van der Waals surface area contributed by atoms with E-state index in [0.717, 1.165) is 0 Å². The van der Waals surface area contributed by atoms with E-state index in [1.165, 1.54) is 0 Å². The zero-order valence-corrected chi connectivity index (χ0v) is 10.5. The van der Waals surface area contributed by atoms with Crippen LogP contribution >= 0.6 is 20.5 Å². The summed E-state index contributed by atoms with van der Waals surface area (Å²) in [6.07, 6.45) is -0.974. The second-order valence-corrected chi connectivity index (χ2v) is 4.51. The number of hydrogen-bond donors (Lipinski definition) is 2. The molecule has 0 saturated carbocycles. The standard InChI is InChI=1S/C7H13O8PS/c8-5-12-3-7(13-6-9)4-15-16(10,11)14-1-2-17/h5-7,17H,1-4H2,(H,10,11)/t7-/m1/s1. The lowest BCUT2D eigenvalue weighted by Crippen LogP contribution is -2.24. The SMILES string of the molecule is O=COC[C@H](COP(=O)(O)OCCS)OC=O. The molecule has 17 heavy (non-hydrogen) atoms. The fraction of sp³-hybridized carbons (Fsp3) is 0.714. The number of phosphoric acid groups is 1. The molecule has 0 heterocycles. The summed E-state index contributed by atoms with van der Waals surface area (Å²) in [6, 6.07) is 0. The predicted molar refractivity (Wildman–Crippen MR) is 58.5 cm³/mol. The molecule has 0 aliphatic rings. The first-order valence-electron chi connectivity index (χ1n) is 4.42. The summed E-state index contributed by atoms with van der Waals surface area (Å²) in [7, 11) is -4.21. The van der Waals surface area contributed by atoms with Crippen LogP contribution in [0.4, 0.5) is 0 Å². The first-order chi connectivity index (χ1) is 8.05. The molecule has 0 aliphatic carbocycles. The Bertz CT molecular complexity index is 273. The van der Waals surface area contributed by atoms with Crippen molar-refractivity contribution in [2.24, 2.45) is 0 Å². The van der Waals surface area contributed by atoms with Crippen molar-refractivity contribution in [1.29, 1.82) is 0 Å². The van der Waals surface area contributed by atoms with Crippen molar-refractivity contribution >= 4 is 33.4 Å². The van der Waals surface area contributed by atoms with Crippen molar-refractivity contribution in [3.05, 3.63) is 0 Å². The van der Waals surface area contributed by atoms with Crippen molar-refractivity contribution in [3.8, 4) is 0 Å². The minimum Gasteiger partial charge on any atom is -0.464 e. The second kappa shape index (κ2) is 9.43. The fourth-order valence-electron chi connectivity index (χ4n) is 0.723. The Morgan fingerprint density at radius 3 is 2.47 bits per heavy atom.